The lowest BCUT2D eigenvalue weighted by Gasteiger charge is -2.19. The zero-order valence-corrected chi connectivity index (χ0v) is 15.7. The molecule has 1 fully saturated rings. The van der Waals surface area contributed by atoms with E-state index in [2.05, 4.69) is 25.2 Å². The van der Waals surface area contributed by atoms with Gasteiger partial charge in [-0.25, -0.2) is 0 Å². The van der Waals surface area contributed by atoms with Crippen LogP contribution in [0.5, 0.6) is 0 Å². The van der Waals surface area contributed by atoms with E-state index in [1.165, 1.54) is 0 Å². The molecule has 2 aliphatic rings. The zero-order chi connectivity index (χ0) is 18.8. The maximum Gasteiger partial charge on any atom is 0.306 e. The predicted molar refractivity (Wildman–Crippen MR) is 103 cm³/mol. The Morgan fingerprint density at radius 3 is 2.81 bits per heavy atom. The Kier molecular flexibility index (Phi) is 8.86. The maximum atomic E-state index is 11.7. The second kappa shape index (κ2) is 11.1. The summed E-state index contributed by atoms with van der Waals surface area (Å²) in [6.45, 7) is 2.10. The van der Waals surface area contributed by atoms with Gasteiger partial charge in [0.15, 0.2) is 0 Å². The third kappa shape index (κ3) is 7.30. The number of carbonyl (C=O) groups is 1. The minimum Gasteiger partial charge on any atom is -0.462 e. The summed E-state index contributed by atoms with van der Waals surface area (Å²) in [5, 5.41) is 20.3. The molecule has 0 unspecified atom stereocenters. The third-order valence-electron chi connectivity index (χ3n) is 4.89. The summed E-state index contributed by atoms with van der Waals surface area (Å²) in [7, 11) is 0. The fraction of sp³-hybridized carbons (Fsp3) is 0.591. The molecule has 2 N–H and O–H groups in total. The van der Waals surface area contributed by atoms with E-state index in [9.17, 15) is 15.0 Å². The third-order valence-corrected chi connectivity index (χ3v) is 4.89. The van der Waals surface area contributed by atoms with Crippen molar-refractivity contribution in [2.24, 2.45) is 11.8 Å². The first-order valence-corrected chi connectivity index (χ1v) is 9.80. The summed E-state index contributed by atoms with van der Waals surface area (Å²) in [5.41, 5.74) is 0. The highest BCUT2D eigenvalue weighted by Gasteiger charge is 2.47. The normalized spacial score (nSPS) is 30.3. The summed E-state index contributed by atoms with van der Waals surface area (Å²) in [6, 6.07) is 0. The number of aliphatic hydroxyl groups is 2. The lowest BCUT2D eigenvalue weighted by Crippen LogP contribution is -2.23. The van der Waals surface area contributed by atoms with Gasteiger partial charge in [-0.15, -0.1) is 0 Å². The Balaban J connectivity index is 1.72. The van der Waals surface area contributed by atoms with Crippen LogP contribution in [0.2, 0.25) is 0 Å². The fourth-order valence-electron chi connectivity index (χ4n) is 3.28. The number of hydrogen-bond acceptors (Lipinski definition) is 4. The second-order valence-electron chi connectivity index (χ2n) is 7.10. The number of esters is 1. The molecule has 144 valence electrons. The summed E-state index contributed by atoms with van der Waals surface area (Å²) < 4.78 is 5.53. The van der Waals surface area contributed by atoms with Gasteiger partial charge in [0.25, 0.3) is 0 Å². The van der Waals surface area contributed by atoms with Crippen LogP contribution in [0.3, 0.4) is 0 Å². The van der Waals surface area contributed by atoms with Crippen LogP contribution in [0.4, 0.5) is 0 Å². The van der Waals surface area contributed by atoms with Crippen molar-refractivity contribution >= 4 is 5.97 Å². The molecule has 0 bridgehead atoms. The van der Waals surface area contributed by atoms with Crippen molar-refractivity contribution in [1.82, 2.24) is 0 Å². The Morgan fingerprint density at radius 1 is 1.19 bits per heavy atom. The van der Waals surface area contributed by atoms with Crippen LogP contribution >= 0.6 is 0 Å². The average Bonchev–Trinajstić information content (AvgIpc) is 3.39. The number of carbonyl (C=O) groups excluding carboxylic acids is 1. The lowest BCUT2D eigenvalue weighted by molar-refractivity contribution is -0.150. The summed E-state index contributed by atoms with van der Waals surface area (Å²) >= 11 is 0. The van der Waals surface area contributed by atoms with E-state index in [0.29, 0.717) is 12.8 Å². The van der Waals surface area contributed by atoms with Gasteiger partial charge in [-0.05, 0) is 38.0 Å². The molecule has 0 spiro atoms. The quantitative estimate of drug-likeness (QED) is 0.484. The van der Waals surface area contributed by atoms with E-state index in [4.69, 9.17) is 4.74 Å². The van der Waals surface area contributed by atoms with Crippen molar-refractivity contribution < 1.29 is 19.7 Å². The van der Waals surface area contributed by atoms with Crippen molar-refractivity contribution in [2.45, 2.75) is 70.2 Å². The maximum absolute atomic E-state index is 11.7. The molecule has 0 saturated heterocycles. The molecule has 2 rings (SSSR count). The van der Waals surface area contributed by atoms with Crippen LogP contribution in [0, 0.1) is 11.8 Å². The molecule has 0 aromatic carbocycles. The van der Waals surface area contributed by atoms with E-state index < -0.39 is 12.2 Å². The highest BCUT2D eigenvalue weighted by atomic mass is 16.5. The second-order valence-corrected chi connectivity index (χ2v) is 7.10. The van der Waals surface area contributed by atoms with Gasteiger partial charge in [0.05, 0.1) is 12.2 Å². The molecule has 1 heterocycles. The minimum atomic E-state index is -0.598. The molecule has 1 saturated carbocycles. The molecule has 1 aliphatic heterocycles. The Bertz CT molecular complexity index is 546. The van der Waals surface area contributed by atoms with Gasteiger partial charge >= 0.3 is 5.97 Å². The van der Waals surface area contributed by atoms with Crippen molar-refractivity contribution in [2.75, 3.05) is 0 Å². The average molecular weight is 360 g/mol. The van der Waals surface area contributed by atoms with Crippen LogP contribution in [0.25, 0.3) is 0 Å². The topological polar surface area (TPSA) is 66.8 Å². The molecule has 1 aliphatic carbocycles. The van der Waals surface area contributed by atoms with E-state index in [0.717, 1.165) is 32.1 Å². The fourth-order valence-corrected chi connectivity index (χ4v) is 3.28. The Morgan fingerprint density at radius 2 is 2.00 bits per heavy atom. The van der Waals surface area contributed by atoms with Gasteiger partial charge in [-0.2, -0.15) is 0 Å². The molecule has 4 nitrogen and oxygen atoms in total. The zero-order valence-electron chi connectivity index (χ0n) is 15.7. The van der Waals surface area contributed by atoms with Crippen molar-refractivity contribution in [3.8, 4) is 0 Å². The van der Waals surface area contributed by atoms with Gasteiger partial charge in [-0.3, -0.25) is 4.79 Å². The van der Waals surface area contributed by atoms with Crippen molar-refractivity contribution in [3.05, 3.63) is 48.6 Å². The first-order chi connectivity index (χ1) is 12.6. The van der Waals surface area contributed by atoms with Gasteiger partial charge < -0.3 is 14.9 Å². The molecule has 0 amide bonds. The number of rotatable bonds is 9. The number of hydrogen-bond donors (Lipinski definition) is 2. The monoisotopic (exact) mass is 360 g/mol. The van der Waals surface area contributed by atoms with Gasteiger partial charge in [0.1, 0.15) is 6.10 Å². The smallest absolute Gasteiger partial charge is 0.306 e. The Labute approximate surface area is 156 Å². The molecular formula is C22H32O4. The van der Waals surface area contributed by atoms with Crippen LogP contribution in [-0.4, -0.2) is 34.5 Å². The molecule has 4 heteroatoms. The number of aliphatic hydroxyl groups excluding tert-OH is 2. The first-order valence-electron chi connectivity index (χ1n) is 9.80. The van der Waals surface area contributed by atoms with E-state index >= 15 is 0 Å². The highest BCUT2D eigenvalue weighted by Crippen LogP contribution is 2.46. The number of cyclic esters (lactones) is 1. The first kappa shape index (κ1) is 20.7. The minimum absolute atomic E-state index is 0.110. The van der Waals surface area contributed by atoms with Gasteiger partial charge in [-0.1, -0.05) is 55.5 Å². The standard InChI is InChI=1S/C22H32O4/c1-2-3-4-5-6-8-11-17(23)14-15-20(24)18-16-19(18)21-12-9-7-10-13-22(25)26-21/h3-4,6-9,14-15,17-21,23-24H,2,5,10-13,16H2,1H3/b4-3-,8-6-,9-7-,15-14+/t17-,18+,19+,20-,21+/m0/s1. The van der Waals surface area contributed by atoms with Crippen LogP contribution < -0.4 is 0 Å². The largest absolute Gasteiger partial charge is 0.462 e. The van der Waals surface area contributed by atoms with Crippen LogP contribution in [-0.2, 0) is 9.53 Å². The Hall–Kier alpha value is -1.65. The molecule has 0 radical (unpaired) electrons. The van der Waals surface area contributed by atoms with Crippen LogP contribution in [0.15, 0.2) is 48.6 Å². The number of allylic oxidation sites excluding steroid dienone is 4. The molecule has 0 aromatic rings. The van der Waals surface area contributed by atoms with E-state index in [-0.39, 0.29) is 23.9 Å². The molecule has 26 heavy (non-hydrogen) atoms. The summed E-state index contributed by atoms with van der Waals surface area (Å²) in [5.74, 6) is 0.175. The van der Waals surface area contributed by atoms with E-state index in [1.807, 2.05) is 18.2 Å². The van der Waals surface area contributed by atoms with Gasteiger partial charge in [0, 0.05) is 18.8 Å². The SMILES string of the molecule is CC/C=C\C/C=C\C[C@H](O)/C=C/[C@H](O)[C@@H]1C[C@H]1[C@H]1C/C=C\CCC(=O)O1. The number of ether oxygens (including phenoxy) is 1. The summed E-state index contributed by atoms with van der Waals surface area (Å²) in [6.07, 6.45) is 19.6. The van der Waals surface area contributed by atoms with E-state index in [1.54, 1.807) is 12.2 Å². The van der Waals surface area contributed by atoms with Crippen molar-refractivity contribution in [3.63, 3.8) is 0 Å². The lowest BCUT2D eigenvalue weighted by atomic mass is 10.0. The van der Waals surface area contributed by atoms with Crippen LogP contribution in [0.1, 0.15) is 51.9 Å². The van der Waals surface area contributed by atoms with Gasteiger partial charge in [0.2, 0.25) is 0 Å². The van der Waals surface area contributed by atoms with Crippen molar-refractivity contribution in [1.29, 1.82) is 0 Å². The summed E-state index contributed by atoms with van der Waals surface area (Å²) in [4.78, 5) is 11.7. The highest BCUT2D eigenvalue weighted by molar-refractivity contribution is 5.70. The molecule has 0 aromatic heterocycles. The molecular weight excluding hydrogens is 328 g/mol. The molecule has 5 atom stereocenters. The predicted octanol–water partition coefficient (Wildman–Crippen LogP) is 3.86.